The predicted molar refractivity (Wildman–Crippen MR) is 181 cm³/mol. The van der Waals surface area contributed by atoms with E-state index in [-0.39, 0.29) is 54.5 Å². The van der Waals surface area contributed by atoms with Gasteiger partial charge in [-0.1, -0.05) is 49.0 Å². The number of allylic oxidation sites excluding steroid dienone is 2. The van der Waals surface area contributed by atoms with Gasteiger partial charge >= 0.3 is 0 Å². The second-order valence-corrected chi connectivity index (χ2v) is 15.2. The van der Waals surface area contributed by atoms with Crippen molar-refractivity contribution in [1.82, 2.24) is 0 Å². The van der Waals surface area contributed by atoms with Crippen molar-refractivity contribution >= 4 is 11.6 Å². The van der Waals surface area contributed by atoms with Crippen LogP contribution in [0.25, 0.3) is 14.5 Å². The van der Waals surface area contributed by atoms with E-state index in [0.717, 1.165) is 0 Å². The predicted octanol–water partition coefficient (Wildman–Crippen LogP) is 6.06. The van der Waals surface area contributed by atoms with Crippen molar-refractivity contribution in [2.45, 2.75) is 111 Å². The fourth-order valence-electron chi connectivity index (χ4n) is 7.97. The number of carbonyl (C=O) groups excluding carboxylic acids is 2. The van der Waals surface area contributed by atoms with Gasteiger partial charge in [0.2, 0.25) is 17.1 Å². The van der Waals surface area contributed by atoms with Crippen LogP contribution >= 0.6 is 0 Å². The molecular formula is C37H51N3O9. The van der Waals surface area contributed by atoms with Crippen LogP contribution in [0.2, 0.25) is 0 Å². The monoisotopic (exact) mass is 681 g/mol. The van der Waals surface area contributed by atoms with Crippen LogP contribution in [0.4, 0.5) is 0 Å². The van der Waals surface area contributed by atoms with Gasteiger partial charge in [-0.2, -0.15) is 0 Å². The number of aliphatic hydroxyl groups excluding tert-OH is 1. The fourth-order valence-corrected chi connectivity index (χ4v) is 7.97. The second kappa shape index (κ2) is 14.1. The summed E-state index contributed by atoms with van der Waals surface area (Å²) < 4.78 is 34.2. The molecule has 0 amide bonds. The van der Waals surface area contributed by atoms with E-state index in [2.05, 4.69) is 14.5 Å². The Kier molecular flexibility index (Phi) is 11.5. The minimum Gasteiger partial charge on any atom is -0.523 e. The normalized spacial score (nSPS) is 36.7. The Balaban J connectivity index is 0.000000197. The molecule has 0 aromatic rings. The minimum absolute atomic E-state index is 0. The van der Waals surface area contributed by atoms with Gasteiger partial charge in [-0.15, -0.1) is 0 Å². The van der Waals surface area contributed by atoms with Gasteiger partial charge in [0.1, 0.15) is 17.0 Å². The summed E-state index contributed by atoms with van der Waals surface area (Å²) in [7, 11) is 0. The van der Waals surface area contributed by atoms with E-state index in [0.29, 0.717) is 51.8 Å². The van der Waals surface area contributed by atoms with Crippen LogP contribution in [0.1, 0.15) is 76.2 Å². The summed E-state index contributed by atoms with van der Waals surface area (Å²) in [6, 6.07) is 0. The zero-order valence-corrected chi connectivity index (χ0v) is 29.4. The highest BCUT2D eigenvalue weighted by atomic mass is 16.6. The number of rotatable bonds is 0. The van der Waals surface area contributed by atoms with Crippen molar-refractivity contribution in [3.05, 3.63) is 69.3 Å². The first kappa shape index (κ1) is 40.0. The number of ether oxygens (including phenoxy) is 6. The van der Waals surface area contributed by atoms with Crippen LogP contribution in [-0.2, 0) is 38.0 Å². The summed E-state index contributed by atoms with van der Waals surface area (Å²) in [5.74, 6) is -0.165. The van der Waals surface area contributed by atoms with E-state index in [1.165, 1.54) is 0 Å². The minimum atomic E-state index is -0.705. The Morgan fingerprint density at radius 3 is 1.39 bits per heavy atom. The summed E-state index contributed by atoms with van der Waals surface area (Å²) >= 11 is 0. The molecule has 0 saturated carbocycles. The molecular weight excluding hydrogens is 630 g/mol. The van der Waals surface area contributed by atoms with Crippen molar-refractivity contribution in [3.8, 4) is 0 Å². The van der Waals surface area contributed by atoms with Gasteiger partial charge in [-0.25, -0.2) is 14.5 Å². The first-order valence-electron chi connectivity index (χ1n) is 16.1. The molecule has 3 fully saturated rings. The van der Waals surface area contributed by atoms with Gasteiger partial charge in [0.15, 0.2) is 11.6 Å². The Morgan fingerprint density at radius 1 is 0.612 bits per heavy atom. The van der Waals surface area contributed by atoms with Crippen LogP contribution < -0.4 is 0 Å². The second-order valence-electron chi connectivity index (χ2n) is 15.2. The van der Waals surface area contributed by atoms with Crippen molar-refractivity contribution in [3.63, 3.8) is 0 Å². The lowest BCUT2D eigenvalue weighted by Gasteiger charge is -2.51. The Bertz CT molecular complexity index is 1480. The van der Waals surface area contributed by atoms with Crippen LogP contribution in [0.5, 0.6) is 0 Å². The molecule has 3 heterocycles. The van der Waals surface area contributed by atoms with E-state index in [9.17, 15) is 14.7 Å². The first-order chi connectivity index (χ1) is 22.2. The molecule has 0 unspecified atom stereocenters. The van der Waals surface area contributed by atoms with E-state index in [1.54, 1.807) is 12.2 Å². The van der Waals surface area contributed by atoms with Crippen molar-refractivity contribution in [2.75, 3.05) is 39.6 Å². The molecule has 3 aliphatic carbocycles. The number of Topliss-reactive ketones (excluding diaryl/α,β-unsaturated/α-hetero) is 2. The maximum atomic E-state index is 12.1. The zero-order valence-electron chi connectivity index (χ0n) is 29.4. The van der Waals surface area contributed by atoms with Crippen LogP contribution in [0.3, 0.4) is 0 Å². The number of nitrogens with zero attached hydrogens (tertiary/aromatic N) is 3. The lowest BCUT2D eigenvalue weighted by molar-refractivity contribution is -0.231. The fraction of sp³-hybridized carbons (Fsp3) is 0.703. The highest BCUT2D eigenvalue weighted by molar-refractivity contribution is 6.03. The third-order valence-electron chi connectivity index (χ3n) is 10.2. The zero-order chi connectivity index (χ0) is 35.9. The molecule has 49 heavy (non-hydrogen) atoms. The molecule has 6 rings (SSSR count). The summed E-state index contributed by atoms with van der Waals surface area (Å²) in [5.41, 5.74) is -3.06. The van der Waals surface area contributed by atoms with Gasteiger partial charge < -0.3 is 43.1 Å². The van der Waals surface area contributed by atoms with Gasteiger partial charge in [0.25, 0.3) is 0 Å². The quantitative estimate of drug-likeness (QED) is 0.304. The molecule has 0 bridgehead atoms. The number of hydrogen-bond acceptors (Lipinski definition) is 9. The van der Waals surface area contributed by atoms with Gasteiger partial charge in [0.05, 0.1) is 83.3 Å². The number of hydrogen-bond donors (Lipinski definition) is 1. The number of ketones is 2. The number of fused-ring (bicyclic) bond motifs is 3. The van der Waals surface area contributed by atoms with Crippen molar-refractivity contribution in [2.24, 2.45) is 16.2 Å². The smallest absolute Gasteiger partial charge is 0.228 e. The van der Waals surface area contributed by atoms with Crippen molar-refractivity contribution in [1.29, 1.82) is 0 Å². The Labute approximate surface area is 290 Å². The molecule has 12 heteroatoms. The molecule has 0 aromatic heterocycles. The first-order valence-corrected chi connectivity index (χ1v) is 16.1. The van der Waals surface area contributed by atoms with E-state index >= 15 is 0 Å². The maximum Gasteiger partial charge on any atom is 0.228 e. The molecule has 3 saturated heterocycles. The van der Waals surface area contributed by atoms with Crippen LogP contribution in [0, 0.1) is 36.0 Å². The van der Waals surface area contributed by atoms with E-state index in [1.807, 2.05) is 62.3 Å². The number of aliphatic hydroxyl groups is 1. The third kappa shape index (κ3) is 6.99. The summed E-state index contributed by atoms with van der Waals surface area (Å²) in [4.78, 5) is 34.1. The summed E-state index contributed by atoms with van der Waals surface area (Å²) in [6.45, 7) is 41.0. The topological polar surface area (TPSA) is 123 Å². The molecule has 3 aliphatic heterocycles. The van der Waals surface area contributed by atoms with Crippen LogP contribution in [-0.4, -0.2) is 91.4 Å². The molecule has 268 valence electrons. The standard InChI is InChI=1S/C12H17NO3.2C12H15NO3.CH4/c3*1-11(2)9(14)8(13-4)7-12(3)10(11)15-5-6-16-12;/h10,14H,5-7H2,1-3H3;2*7,10H,5-6H2,1-3H3;1H4/t3*10-,12-;/m010./s1. The highest BCUT2D eigenvalue weighted by Crippen LogP contribution is 2.49. The average Bonchev–Trinajstić information content (AvgIpc) is 3.03. The molecule has 6 aliphatic rings. The Hall–Kier alpha value is -3.41. The molecule has 0 spiro atoms. The largest absolute Gasteiger partial charge is 0.523 e. The van der Waals surface area contributed by atoms with Crippen LogP contribution in [0.15, 0.2) is 35.0 Å². The maximum absolute atomic E-state index is 12.1. The molecule has 1 N–H and O–H groups in total. The Morgan fingerprint density at radius 2 is 1.00 bits per heavy atom. The summed E-state index contributed by atoms with van der Waals surface area (Å²) in [6.07, 6.45) is 2.82. The molecule has 0 aromatic carbocycles. The molecule has 0 radical (unpaired) electrons. The summed E-state index contributed by atoms with van der Waals surface area (Å²) in [5, 5.41) is 10.1. The van der Waals surface area contributed by atoms with Crippen molar-refractivity contribution < 1.29 is 43.1 Å². The lowest BCUT2D eigenvalue weighted by Crippen LogP contribution is -2.59. The van der Waals surface area contributed by atoms with Gasteiger partial charge in [0, 0.05) is 22.7 Å². The third-order valence-corrected chi connectivity index (χ3v) is 10.2. The van der Waals surface area contributed by atoms with E-state index in [4.69, 9.17) is 48.1 Å². The lowest BCUT2D eigenvalue weighted by atomic mass is 9.69. The average molecular weight is 682 g/mol. The SMILES string of the molecule is C.[C-]#[N+]C1=C(O)C(C)(C)[C@@H]2OCCO[C@@]2(C)C1.[C-]#[N+]C1=C[C@@]2(C)OCCO[C@@H]2C(C)(C)C1=O.[C-]#[N+]C1=C[C@]2(C)OCCO[C@H]2C(C)(C)C1=O. The molecule has 6 atom stereocenters. The van der Waals surface area contributed by atoms with Gasteiger partial charge in [-0.3, -0.25) is 0 Å². The highest BCUT2D eigenvalue weighted by Gasteiger charge is 2.56. The number of carbonyl (C=O) groups is 2. The van der Waals surface area contributed by atoms with Gasteiger partial charge in [-0.05, 0) is 32.9 Å². The van der Waals surface area contributed by atoms with E-state index < -0.39 is 33.0 Å². The molecule has 12 nitrogen and oxygen atoms in total.